The predicted molar refractivity (Wildman–Crippen MR) is 98.3 cm³/mol. The number of nitrogens with one attached hydrogen (secondary N) is 4. The summed E-state index contributed by atoms with van der Waals surface area (Å²) >= 11 is 0. The molecule has 2 fully saturated rings. The molecule has 0 spiro atoms. The van der Waals surface area contributed by atoms with Gasteiger partial charge in [0.15, 0.2) is 0 Å². The maximum absolute atomic E-state index is 12.3. The molecule has 0 bridgehead atoms. The van der Waals surface area contributed by atoms with Gasteiger partial charge < -0.3 is 20.6 Å². The fourth-order valence-corrected chi connectivity index (χ4v) is 3.19. The molecule has 3 rings (SSSR count). The number of hydrogen-bond acceptors (Lipinski definition) is 6. The maximum Gasteiger partial charge on any atom is 0.341 e. The van der Waals surface area contributed by atoms with Crippen LogP contribution in [0.25, 0.3) is 0 Å². The number of amides is 3. The Morgan fingerprint density at radius 2 is 1.89 bits per heavy atom. The second-order valence-corrected chi connectivity index (χ2v) is 6.84. The lowest BCUT2D eigenvalue weighted by molar-refractivity contribution is -0.124. The van der Waals surface area contributed by atoms with Crippen molar-refractivity contribution in [3.63, 3.8) is 0 Å². The molecule has 2 aliphatic rings. The lowest BCUT2D eigenvalue weighted by Crippen LogP contribution is -2.61. The Balaban J connectivity index is 1.33. The third-order valence-electron chi connectivity index (χ3n) is 4.80. The van der Waals surface area contributed by atoms with Gasteiger partial charge in [0.2, 0.25) is 5.91 Å². The smallest absolute Gasteiger partial charge is 0.341 e. The van der Waals surface area contributed by atoms with Crippen LogP contribution in [0.15, 0.2) is 30.3 Å². The van der Waals surface area contributed by atoms with Gasteiger partial charge in [-0.25, -0.2) is 10.3 Å². The highest BCUT2D eigenvalue weighted by molar-refractivity contribution is 5.82. The molecule has 0 aliphatic carbocycles. The number of aliphatic hydroxyl groups excluding tert-OH is 1. The van der Waals surface area contributed by atoms with Crippen LogP contribution in [0.1, 0.15) is 18.4 Å². The van der Waals surface area contributed by atoms with E-state index in [1.165, 1.54) is 0 Å². The van der Waals surface area contributed by atoms with E-state index in [4.69, 9.17) is 4.84 Å². The number of β-amino-alcohol motifs (C(OH)–C–C–N with tert-alkyl or cyclic N) is 1. The SMILES string of the molecule is O=C(NC1CCN(C(=O)NOCc2ccccc2)CC1)C1CNC(O)CN1. The van der Waals surface area contributed by atoms with Crippen LogP contribution in [-0.2, 0) is 16.2 Å². The summed E-state index contributed by atoms with van der Waals surface area (Å²) in [5, 5.41) is 18.3. The summed E-state index contributed by atoms with van der Waals surface area (Å²) in [5.41, 5.74) is 3.45. The van der Waals surface area contributed by atoms with Crippen molar-refractivity contribution >= 4 is 11.9 Å². The van der Waals surface area contributed by atoms with Crippen LogP contribution in [0.2, 0.25) is 0 Å². The summed E-state index contributed by atoms with van der Waals surface area (Å²) < 4.78 is 0. The van der Waals surface area contributed by atoms with Gasteiger partial charge in [0.05, 0.1) is 12.6 Å². The summed E-state index contributed by atoms with van der Waals surface area (Å²) in [7, 11) is 0. The van der Waals surface area contributed by atoms with Crippen LogP contribution in [0, 0.1) is 0 Å². The molecular weight excluding hydrogens is 350 g/mol. The summed E-state index contributed by atoms with van der Waals surface area (Å²) in [4.78, 5) is 31.4. The molecule has 1 aromatic rings. The number of likely N-dealkylation sites (tertiary alicyclic amines) is 1. The number of hydrogen-bond donors (Lipinski definition) is 5. The van der Waals surface area contributed by atoms with E-state index in [-0.39, 0.29) is 24.0 Å². The van der Waals surface area contributed by atoms with Crippen LogP contribution in [-0.4, -0.2) is 66.4 Å². The van der Waals surface area contributed by atoms with Gasteiger partial charge in [-0.3, -0.25) is 14.9 Å². The zero-order chi connectivity index (χ0) is 19.1. The average Bonchev–Trinajstić information content (AvgIpc) is 2.70. The Kier molecular flexibility index (Phi) is 6.99. The molecule has 9 nitrogen and oxygen atoms in total. The molecule has 5 N–H and O–H groups in total. The molecule has 0 radical (unpaired) electrons. The van der Waals surface area contributed by atoms with E-state index in [0.29, 0.717) is 45.6 Å². The fourth-order valence-electron chi connectivity index (χ4n) is 3.19. The van der Waals surface area contributed by atoms with Gasteiger partial charge >= 0.3 is 6.03 Å². The summed E-state index contributed by atoms with van der Waals surface area (Å²) in [5.74, 6) is -0.0801. The van der Waals surface area contributed by atoms with Gasteiger partial charge in [-0.05, 0) is 18.4 Å². The quantitative estimate of drug-likeness (QED) is 0.433. The Morgan fingerprint density at radius 1 is 1.15 bits per heavy atom. The zero-order valence-electron chi connectivity index (χ0n) is 15.2. The Bertz CT molecular complexity index is 613. The van der Waals surface area contributed by atoms with Crippen molar-refractivity contribution < 1.29 is 19.5 Å². The van der Waals surface area contributed by atoms with E-state index in [0.717, 1.165) is 5.56 Å². The molecule has 27 heavy (non-hydrogen) atoms. The average molecular weight is 377 g/mol. The molecule has 2 heterocycles. The van der Waals surface area contributed by atoms with Crippen molar-refractivity contribution in [1.82, 2.24) is 26.3 Å². The van der Waals surface area contributed by atoms with Gasteiger partial charge in [-0.15, -0.1) is 0 Å². The highest BCUT2D eigenvalue weighted by Gasteiger charge is 2.28. The number of hydroxylamine groups is 1. The van der Waals surface area contributed by atoms with E-state index < -0.39 is 6.23 Å². The number of carbonyl (C=O) groups is 2. The van der Waals surface area contributed by atoms with Crippen molar-refractivity contribution in [2.75, 3.05) is 26.2 Å². The zero-order valence-corrected chi connectivity index (χ0v) is 15.2. The van der Waals surface area contributed by atoms with Crippen LogP contribution >= 0.6 is 0 Å². The number of nitrogens with zero attached hydrogens (tertiary/aromatic N) is 1. The molecule has 2 saturated heterocycles. The first-order valence-electron chi connectivity index (χ1n) is 9.27. The van der Waals surface area contributed by atoms with Crippen molar-refractivity contribution in [1.29, 1.82) is 0 Å². The van der Waals surface area contributed by atoms with Crippen LogP contribution in [0.4, 0.5) is 4.79 Å². The van der Waals surface area contributed by atoms with Gasteiger partial charge in [-0.1, -0.05) is 30.3 Å². The Labute approximate surface area is 158 Å². The first kappa shape index (κ1) is 19.6. The maximum atomic E-state index is 12.3. The molecule has 1 aromatic carbocycles. The highest BCUT2D eigenvalue weighted by Crippen LogP contribution is 2.11. The highest BCUT2D eigenvalue weighted by atomic mass is 16.7. The number of carbonyl (C=O) groups excluding carboxylic acids is 2. The number of benzene rings is 1. The molecule has 148 valence electrons. The van der Waals surface area contributed by atoms with Crippen LogP contribution in [0.3, 0.4) is 0 Å². The summed E-state index contributed by atoms with van der Waals surface area (Å²) in [6, 6.07) is 9.05. The number of piperidine rings is 1. The second-order valence-electron chi connectivity index (χ2n) is 6.84. The first-order chi connectivity index (χ1) is 13.1. The first-order valence-corrected chi connectivity index (χ1v) is 9.27. The van der Waals surface area contributed by atoms with Gasteiger partial charge in [0.25, 0.3) is 0 Å². The number of urea groups is 1. The third kappa shape index (κ3) is 5.90. The van der Waals surface area contributed by atoms with Gasteiger partial charge in [0.1, 0.15) is 6.23 Å². The molecule has 9 heteroatoms. The van der Waals surface area contributed by atoms with Crippen LogP contribution in [0.5, 0.6) is 0 Å². The largest absolute Gasteiger partial charge is 0.377 e. The predicted octanol–water partition coefficient (Wildman–Crippen LogP) is -0.712. The molecule has 2 atom stereocenters. The van der Waals surface area contributed by atoms with Crippen molar-refractivity contribution in [2.45, 2.75) is 37.8 Å². The molecule has 3 amide bonds. The van der Waals surface area contributed by atoms with Crippen molar-refractivity contribution in [3.05, 3.63) is 35.9 Å². The lowest BCUT2D eigenvalue weighted by Gasteiger charge is -2.34. The van der Waals surface area contributed by atoms with Crippen molar-refractivity contribution in [2.24, 2.45) is 0 Å². The number of aliphatic hydroxyl groups is 1. The van der Waals surface area contributed by atoms with Gasteiger partial charge in [0, 0.05) is 32.2 Å². The summed E-state index contributed by atoms with van der Waals surface area (Å²) in [6.45, 7) is 2.17. The Hall–Kier alpha value is -2.20. The van der Waals surface area contributed by atoms with E-state index in [1.807, 2.05) is 30.3 Å². The minimum Gasteiger partial charge on any atom is -0.377 e. The van der Waals surface area contributed by atoms with E-state index in [1.54, 1.807) is 4.90 Å². The van der Waals surface area contributed by atoms with E-state index in [2.05, 4.69) is 21.4 Å². The topological polar surface area (TPSA) is 115 Å². The monoisotopic (exact) mass is 377 g/mol. The minimum atomic E-state index is -0.611. The molecule has 2 aliphatic heterocycles. The second kappa shape index (κ2) is 9.65. The van der Waals surface area contributed by atoms with E-state index >= 15 is 0 Å². The van der Waals surface area contributed by atoms with E-state index in [9.17, 15) is 14.7 Å². The van der Waals surface area contributed by atoms with Crippen molar-refractivity contribution in [3.8, 4) is 0 Å². The molecular formula is C18H27N5O4. The minimum absolute atomic E-state index is 0.0421. The molecule has 0 aromatic heterocycles. The Morgan fingerprint density at radius 3 is 2.56 bits per heavy atom. The normalized spacial score (nSPS) is 23.7. The van der Waals surface area contributed by atoms with Crippen LogP contribution < -0.4 is 21.4 Å². The number of piperazine rings is 1. The molecule has 0 saturated carbocycles. The fraction of sp³-hybridized carbons (Fsp3) is 0.556. The lowest BCUT2D eigenvalue weighted by atomic mass is 10.0. The summed E-state index contributed by atoms with van der Waals surface area (Å²) in [6.07, 6.45) is 0.779. The number of rotatable bonds is 5. The third-order valence-corrected chi connectivity index (χ3v) is 4.80. The standard InChI is InChI=1S/C18H27N5O4/c24-16-11-19-15(10-20-16)17(25)21-14-6-8-23(9-7-14)18(26)22-27-12-13-4-2-1-3-5-13/h1-5,14-16,19-20,24H,6-12H2,(H,21,25)(H,22,26). The molecule has 2 unspecified atom stereocenters. The van der Waals surface area contributed by atoms with Gasteiger partial charge in [-0.2, -0.15) is 0 Å².